The van der Waals surface area contributed by atoms with Gasteiger partial charge in [-0.05, 0) is 0 Å². The zero-order chi connectivity index (χ0) is 11.3. The van der Waals surface area contributed by atoms with Crippen molar-refractivity contribution in [3.05, 3.63) is 10.6 Å². The molecule has 16 heavy (non-hydrogen) atoms. The quantitative estimate of drug-likeness (QED) is 0.542. The van der Waals surface area contributed by atoms with Crippen LogP contribution in [0.1, 0.15) is 59.8 Å². The molecule has 0 amide bonds. The molecule has 0 heterocycles. The Labute approximate surface area is 114 Å². The minimum absolute atomic E-state index is 0. The molecule has 0 saturated heterocycles. The van der Waals surface area contributed by atoms with Gasteiger partial charge in [0.2, 0.25) is 0 Å². The second-order valence-electron chi connectivity index (χ2n) is 5.26. The molecule has 1 rings (SSSR count). The molecule has 0 aromatic carbocycles. The molecule has 3 heteroatoms. The van der Waals surface area contributed by atoms with Crippen LogP contribution in [0.2, 0.25) is 0 Å². The third kappa shape index (κ3) is 6.32. The van der Waals surface area contributed by atoms with Gasteiger partial charge < -0.3 is 10.6 Å². The largest absolute Gasteiger partial charge is 2.00 e. The third-order valence-corrected chi connectivity index (χ3v) is 2.92. The minimum atomic E-state index is 0. The van der Waals surface area contributed by atoms with Crippen LogP contribution in [0.15, 0.2) is 0 Å². The van der Waals surface area contributed by atoms with Crippen LogP contribution in [0.4, 0.5) is 0 Å². The molecule has 1 aliphatic rings. The molecule has 0 aliphatic heterocycles. The Hall–Kier alpha value is 0.543. The van der Waals surface area contributed by atoms with Crippen molar-refractivity contribution in [3.63, 3.8) is 0 Å². The van der Waals surface area contributed by atoms with Gasteiger partial charge in [0.25, 0.3) is 0 Å². The molecule has 0 spiro atoms. The topological polar surface area (TPSA) is 28.2 Å². The summed E-state index contributed by atoms with van der Waals surface area (Å²) in [4.78, 5) is 0. The van der Waals surface area contributed by atoms with Crippen LogP contribution in [0.3, 0.4) is 0 Å². The van der Waals surface area contributed by atoms with Crippen LogP contribution in [0.5, 0.6) is 0 Å². The predicted molar refractivity (Wildman–Crippen MR) is 67.7 cm³/mol. The van der Waals surface area contributed by atoms with E-state index >= 15 is 0 Å². The van der Waals surface area contributed by atoms with Gasteiger partial charge in [-0.3, -0.25) is 0 Å². The number of hydrogen-bond donors (Lipinski definition) is 0. The monoisotopic (exact) mass is 274 g/mol. The Balaban J connectivity index is 0.00000225. The van der Waals surface area contributed by atoms with Crippen LogP contribution >= 0.6 is 0 Å². The van der Waals surface area contributed by atoms with Gasteiger partial charge in [-0.1, -0.05) is 59.8 Å². The minimum Gasteiger partial charge on any atom is -0.658 e. The Bertz CT molecular complexity index is 153. The van der Waals surface area contributed by atoms with E-state index in [-0.39, 0.29) is 19.5 Å². The fraction of sp³-hybridized carbons (Fsp3) is 1.00. The summed E-state index contributed by atoms with van der Waals surface area (Å²) in [5.41, 5.74) is 0. The Morgan fingerprint density at radius 2 is 1.12 bits per heavy atom. The summed E-state index contributed by atoms with van der Waals surface area (Å²) in [6.45, 7) is 8.71. The van der Waals surface area contributed by atoms with Crippen molar-refractivity contribution in [1.82, 2.24) is 0 Å². The maximum absolute atomic E-state index is 4.84. The zero-order valence-electron chi connectivity index (χ0n) is 11.4. The molecule has 2 atom stereocenters. The summed E-state index contributed by atoms with van der Waals surface area (Å²) in [6, 6.07) is 1.90. The smallest absolute Gasteiger partial charge is 0.658 e. The first-order valence-corrected chi connectivity index (χ1v) is 6.49. The molecular weight excluding hydrogens is 250 g/mol. The van der Waals surface area contributed by atoms with Crippen molar-refractivity contribution in [1.29, 1.82) is 0 Å². The van der Waals surface area contributed by atoms with Crippen LogP contribution in [-0.4, -0.2) is 24.2 Å². The predicted octanol–water partition coefficient (Wildman–Crippen LogP) is 4.25. The molecule has 2 nitrogen and oxygen atoms in total. The SMILES string of the molecule is CC(C)[N-]C1CCCCCC1[N-]C(C)C.[Zn+2]. The van der Waals surface area contributed by atoms with Crippen LogP contribution < -0.4 is 0 Å². The van der Waals surface area contributed by atoms with E-state index in [9.17, 15) is 0 Å². The van der Waals surface area contributed by atoms with Gasteiger partial charge in [-0.2, -0.15) is 12.1 Å². The van der Waals surface area contributed by atoms with E-state index in [4.69, 9.17) is 10.6 Å². The summed E-state index contributed by atoms with van der Waals surface area (Å²) in [6.07, 6.45) is 6.54. The van der Waals surface area contributed by atoms with Crippen molar-refractivity contribution in [2.45, 2.75) is 84.0 Å². The Kier molecular flexibility index (Phi) is 8.90. The molecule has 0 N–H and O–H groups in total. The number of hydrogen-bond acceptors (Lipinski definition) is 0. The van der Waals surface area contributed by atoms with Gasteiger partial charge in [0.1, 0.15) is 0 Å². The molecule has 1 saturated carbocycles. The van der Waals surface area contributed by atoms with Gasteiger partial charge in [-0.15, -0.1) is 12.1 Å². The van der Waals surface area contributed by atoms with Crippen LogP contribution in [0, 0.1) is 0 Å². The number of nitrogens with zero attached hydrogens (tertiary/aromatic N) is 2. The normalized spacial score (nSPS) is 26.6. The van der Waals surface area contributed by atoms with E-state index in [1.165, 1.54) is 32.1 Å². The Morgan fingerprint density at radius 1 is 0.750 bits per heavy atom. The van der Waals surface area contributed by atoms with Crippen molar-refractivity contribution >= 4 is 0 Å². The van der Waals surface area contributed by atoms with Gasteiger partial charge in [-0.25, -0.2) is 0 Å². The van der Waals surface area contributed by atoms with E-state index in [1.807, 2.05) is 0 Å². The third-order valence-electron chi connectivity index (χ3n) is 2.92. The zero-order valence-corrected chi connectivity index (χ0v) is 14.4. The maximum atomic E-state index is 4.84. The molecule has 90 valence electrons. The fourth-order valence-corrected chi connectivity index (χ4v) is 2.38. The van der Waals surface area contributed by atoms with E-state index in [0.29, 0.717) is 24.2 Å². The molecule has 2 unspecified atom stereocenters. The molecule has 1 aliphatic carbocycles. The molecule has 1 fully saturated rings. The van der Waals surface area contributed by atoms with Crippen LogP contribution in [0.25, 0.3) is 10.6 Å². The average Bonchev–Trinajstić information content (AvgIpc) is 2.30. The molecule has 0 aromatic heterocycles. The first-order valence-electron chi connectivity index (χ1n) is 6.49. The first-order chi connectivity index (χ1) is 7.09. The van der Waals surface area contributed by atoms with E-state index < -0.39 is 0 Å². The van der Waals surface area contributed by atoms with Gasteiger partial charge in [0.15, 0.2) is 0 Å². The van der Waals surface area contributed by atoms with Crippen molar-refractivity contribution in [2.24, 2.45) is 0 Å². The van der Waals surface area contributed by atoms with Crippen LogP contribution in [-0.2, 0) is 19.5 Å². The van der Waals surface area contributed by atoms with E-state index in [0.717, 1.165) is 0 Å². The van der Waals surface area contributed by atoms with Gasteiger partial charge >= 0.3 is 19.5 Å². The van der Waals surface area contributed by atoms with E-state index in [1.54, 1.807) is 0 Å². The number of rotatable bonds is 4. The summed E-state index contributed by atoms with van der Waals surface area (Å²) < 4.78 is 0. The Morgan fingerprint density at radius 3 is 1.44 bits per heavy atom. The van der Waals surface area contributed by atoms with Gasteiger partial charge in [0.05, 0.1) is 0 Å². The standard InChI is InChI=1S/C13H26N2.Zn/c1-10(2)14-12-8-6-5-7-9-13(12)15-11(3)4;/h10-13H,5-9H2,1-4H3;/q-2;+2. The summed E-state index contributed by atoms with van der Waals surface area (Å²) in [5.74, 6) is 0. The maximum Gasteiger partial charge on any atom is 2.00 e. The first kappa shape index (κ1) is 16.5. The summed E-state index contributed by atoms with van der Waals surface area (Å²) in [5, 5.41) is 9.67. The summed E-state index contributed by atoms with van der Waals surface area (Å²) >= 11 is 0. The van der Waals surface area contributed by atoms with Crippen molar-refractivity contribution in [2.75, 3.05) is 0 Å². The van der Waals surface area contributed by atoms with E-state index in [2.05, 4.69) is 27.7 Å². The second kappa shape index (κ2) is 8.61. The van der Waals surface area contributed by atoms with Crippen molar-refractivity contribution in [3.8, 4) is 0 Å². The average molecular weight is 276 g/mol. The second-order valence-corrected chi connectivity index (χ2v) is 5.26. The molecule has 0 bridgehead atoms. The molecule has 0 aromatic rings. The summed E-state index contributed by atoms with van der Waals surface area (Å²) in [7, 11) is 0. The molecule has 0 radical (unpaired) electrons. The van der Waals surface area contributed by atoms with Gasteiger partial charge in [0, 0.05) is 0 Å². The molecular formula is C13H26N2Zn. The van der Waals surface area contributed by atoms with Crippen molar-refractivity contribution < 1.29 is 19.5 Å². The fourth-order valence-electron chi connectivity index (χ4n) is 2.38.